The van der Waals surface area contributed by atoms with Crippen LogP contribution in [0.25, 0.3) is 11.1 Å². The Morgan fingerprint density at radius 1 is 1.04 bits per heavy atom. The zero-order valence-electron chi connectivity index (χ0n) is 13.0. The van der Waals surface area contributed by atoms with Crippen molar-refractivity contribution in [3.05, 3.63) is 53.6 Å². The van der Waals surface area contributed by atoms with Crippen LogP contribution in [0, 0.1) is 0 Å². The molecular formula is C17H13F3O5. The lowest BCUT2D eigenvalue weighted by Gasteiger charge is -2.17. The highest BCUT2D eigenvalue weighted by Crippen LogP contribution is 2.37. The second-order valence-electron chi connectivity index (χ2n) is 4.80. The monoisotopic (exact) mass is 354 g/mol. The third kappa shape index (κ3) is 4.28. The number of halogens is 3. The Morgan fingerprint density at radius 3 is 2.28 bits per heavy atom. The number of esters is 1. The normalized spacial score (nSPS) is 11.0. The Balaban J connectivity index is 2.73. The van der Waals surface area contributed by atoms with Gasteiger partial charge in [-0.25, -0.2) is 9.59 Å². The van der Waals surface area contributed by atoms with Crippen molar-refractivity contribution < 1.29 is 37.3 Å². The van der Waals surface area contributed by atoms with Crippen molar-refractivity contribution in [2.75, 3.05) is 6.61 Å². The lowest BCUT2D eigenvalue weighted by Crippen LogP contribution is -2.18. The number of hydrogen-bond donors (Lipinski definition) is 1. The number of carboxylic acid groups (broad SMARTS) is 1. The molecule has 2 aromatic rings. The molecule has 0 fully saturated rings. The van der Waals surface area contributed by atoms with Gasteiger partial charge >= 0.3 is 18.3 Å². The van der Waals surface area contributed by atoms with Gasteiger partial charge in [0.2, 0.25) is 0 Å². The molecule has 0 saturated heterocycles. The van der Waals surface area contributed by atoms with E-state index in [-0.39, 0.29) is 28.9 Å². The van der Waals surface area contributed by atoms with E-state index in [2.05, 4.69) is 4.74 Å². The van der Waals surface area contributed by atoms with Gasteiger partial charge in [0, 0.05) is 11.1 Å². The molecule has 2 aromatic carbocycles. The summed E-state index contributed by atoms with van der Waals surface area (Å²) in [5.74, 6) is -2.86. The zero-order chi connectivity index (χ0) is 18.6. The minimum atomic E-state index is -4.97. The number of alkyl halides is 3. The Kier molecular flexibility index (Phi) is 5.31. The molecule has 0 aliphatic rings. The Labute approximate surface area is 140 Å². The summed E-state index contributed by atoms with van der Waals surface area (Å²) in [5, 5.41) is 9.37. The highest BCUT2D eigenvalue weighted by atomic mass is 19.4. The minimum absolute atomic E-state index is 0.0241. The summed E-state index contributed by atoms with van der Waals surface area (Å²) in [4.78, 5) is 23.6. The van der Waals surface area contributed by atoms with Crippen molar-refractivity contribution in [1.82, 2.24) is 0 Å². The maximum atomic E-state index is 12.6. The van der Waals surface area contributed by atoms with Gasteiger partial charge in [0.15, 0.2) is 0 Å². The third-order valence-electron chi connectivity index (χ3n) is 3.17. The third-order valence-corrected chi connectivity index (χ3v) is 3.17. The highest BCUT2D eigenvalue weighted by Gasteiger charge is 2.33. The van der Waals surface area contributed by atoms with Crippen LogP contribution >= 0.6 is 0 Å². The maximum absolute atomic E-state index is 12.6. The van der Waals surface area contributed by atoms with Crippen LogP contribution in [0.15, 0.2) is 42.5 Å². The lowest BCUT2D eigenvalue weighted by atomic mass is 9.93. The second-order valence-corrected chi connectivity index (χ2v) is 4.80. The molecule has 0 spiro atoms. The van der Waals surface area contributed by atoms with Gasteiger partial charge in [0.1, 0.15) is 5.75 Å². The van der Waals surface area contributed by atoms with Crippen molar-refractivity contribution in [1.29, 1.82) is 0 Å². The van der Waals surface area contributed by atoms with E-state index in [0.29, 0.717) is 0 Å². The van der Waals surface area contributed by atoms with Crippen LogP contribution in [0.2, 0.25) is 0 Å². The van der Waals surface area contributed by atoms with Crippen LogP contribution in [0.5, 0.6) is 5.75 Å². The van der Waals surface area contributed by atoms with E-state index in [0.717, 1.165) is 6.07 Å². The molecule has 0 atom stereocenters. The minimum Gasteiger partial charge on any atom is -0.478 e. The van der Waals surface area contributed by atoms with Gasteiger partial charge < -0.3 is 14.6 Å². The van der Waals surface area contributed by atoms with Crippen LogP contribution < -0.4 is 4.74 Å². The molecule has 5 nitrogen and oxygen atoms in total. The Hall–Kier alpha value is -3.03. The number of carbonyl (C=O) groups is 2. The van der Waals surface area contributed by atoms with Crippen molar-refractivity contribution in [2.24, 2.45) is 0 Å². The summed E-state index contributed by atoms with van der Waals surface area (Å²) < 4.78 is 46.8. The van der Waals surface area contributed by atoms with Gasteiger partial charge in [-0.1, -0.05) is 24.3 Å². The second kappa shape index (κ2) is 7.25. The molecule has 25 heavy (non-hydrogen) atoms. The molecule has 0 radical (unpaired) electrons. The van der Waals surface area contributed by atoms with Gasteiger partial charge in [0.05, 0.1) is 17.7 Å². The molecule has 0 aromatic heterocycles. The van der Waals surface area contributed by atoms with Crippen LogP contribution in [-0.4, -0.2) is 30.0 Å². The molecule has 0 aliphatic carbocycles. The quantitative estimate of drug-likeness (QED) is 0.818. The first-order valence-corrected chi connectivity index (χ1v) is 7.13. The summed E-state index contributed by atoms with van der Waals surface area (Å²) >= 11 is 0. The number of benzene rings is 2. The average Bonchev–Trinajstić information content (AvgIpc) is 2.53. The number of ether oxygens (including phenoxy) is 2. The van der Waals surface area contributed by atoms with Crippen molar-refractivity contribution in [2.45, 2.75) is 13.3 Å². The summed E-state index contributed by atoms with van der Waals surface area (Å²) in [6, 6.07) is 8.77. The molecule has 0 bridgehead atoms. The first-order chi connectivity index (χ1) is 11.7. The largest absolute Gasteiger partial charge is 0.573 e. The molecule has 0 unspecified atom stereocenters. The first kappa shape index (κ1) is 18.3. The van der Waals surface area contributed by atoms with Crippen molar-refractivity contribution in [3.8, 4) is 16.9 Å². The first-order valence-electron chi connectivity index (χ1n) is 7.13. The molecule has 2 rings (SSSR count). The van der Waals surface area contributed by atoms with E-state index in [1.165, 1.54) is 36.4 Å². The smallest absolute Gasteiger partial charge is 0.478 e. The van der Waals surface area contributed by atoms with Crippen LogP contribution in [0.3, 0.4) is 0 Å². The Morgan fingerprint density at radius 2 is 1.68 bits per heavy atom. The van der Waals surface area contributed by atoms with E-state index in [9.17, 15) is 27.9 Å². The van der Waals surface area contributed by atoms with Crippen molar-refractivity contribution >= 4 is 11.9 Å². The average molecular weight is 354 g/mol. The van der Waals surface area contributed by atoms with E-state index in [1.807, 2.05) is 0 Å². The van der Waals surface area contributed by atoms with Gasteiger partial charge in [-0.05, 0) is 25.1 Å². The topological polar surface area (TPSA) is 72.8 Å². The summed E-state index contributed by atoms with van der Waals surface area (Å²) in [5.41, 5.74) is -0.891. The molecule has 132 valence electrons. The highest BCUT2D eigenvalue weighted by molar-refractivity contribution is 6.06. The molecule has 0 heterocycles. The van der Waals surface area contributed by atoms with Gasteiger partial charge in [0.25, 0.3) is 0 Å². The number of aromatic carboxylic acids is 1. The standard InChI is InChI=1S/C17H13F3O5/c1-2-24-16(23)12-8-5-7-11(15(21)22)14(12)10-6-3-4-9-13(10)25-17(18,19)20/h3-9H,2H2,1H3,(H,21,22). The van der Waals surface area contributed by atoms with Crippen LogP contribution in [0.4, 0.5) is 13.2 Å². The van der Waals surface area contributed by atoms with Gasteiger partial charge in [-0.3, -0.25) is 0 Å². The number of rotatable bonds is 5. The van der Waals surface area contributed by atoms with E-state index in [4.69, 9.17) is 4.74 Å². The van der Waals surface area contributed by atoms with E-state index >= 15 is 0 Å². The van der Waals surface area contributed by atoms with Crippen molar-refractivity contribution in [3.63, 3.8) is 0 Å². The summed E-state index contributed by atoms with van der Waals surface area (Å²) in [7, 11) is 0. The Bertz CT molecular complexity index is 799. The van der Waals surface area contributed by atoms with Gasteiger partial charge in [-0.2, -0.15) is 0 Å². The molecule has 8 heteroatoms. The molecule has 0 saturated carbocycles. The van der Waals surface area contributed by atoms with E-state index in [1.54, 1.807) is 6.92 Å². The van der Waals surface area contributed by atoms with E-state index < -0.39 is 24.1 Å². The molecule has 1 N–H and O–H groups in total. The summed E-state index contributed by atoms with van der Waals surface area (Å²) in [6.45, 7) is 1.58. The SMILES string of the molecule is CCOC(=O)c1cccc(C(=O)O)c1-c1ccccc1OC(F)(F)F. The van der Waals surface area contributed by atoms with Crippen LogP contribution in [0.1, 0.15) is 27.6 Å². The predicted octanol–water partition coefficient (Wildman–Crippen LogP) is 4.13. The number of carboxylic acids is 1. The molecule has 0 amide bonds. The summed E-state index contributed by atoms with van der Waals surface area (Å²) in [6.07, 6.45) is -4.97. The number of carbonyl (C=O) groups excluding carboxylic acids is 1. The fourth-order valence-corrected chi connectivity index (χ4v) is 2.29. The van der Waals surface area contributed by atoms with Crippen LogP contribution in [-0.2, 0) is 4.74 Å². The fraction of sp³-hybridized carbons (Fsp3) is 0.176. The molecule has 0 aliphatic heterocycles. The number of para-hydroxylation sites is 1. The maximum Gasteiger partial charge on any atom is 0.573 e. The lowest BCUT2D eigenvalue weighted by molar-refractivity contribution is -0.274. The predicted molar refractivity (Wildman–Crippen MR) is 81.5 cm³/mol. The van der Waals surface area contributed by atoms with Gasteiger partial charge in [-0.15, -0.1) is 13.2 Å². The number of hydrogen-bond acceptors (Lipinski definition) is 4. The zero-order valence-corrected chi connectivity index (χ0v) is 13.0. The fourth-order valence-electron chi connectivity index (χ4n) is 2.29. The molecular weight excluding hydrogens is 341 g/mol.